The summed E-state index contributed by atoms with van der Waals surface area (Å²) in [6.07, 6.45) is 7.22. The fourth-order valence-electron chi connectivity index (χ4n) is 2.97. The Bertz CT molecular complexity index is 419. The lowest BCUT2D eigenvalue weighted by Crippen LogP contribution is -2.37. The Morgan fingerprint density at radius 1 is 1.15 bits per heavy atom. The van der Waals surface area contributed by atoms with Crippen LogP contribution in [0, 0.1) is 12.8 Å². The van der Waals surface area contributed by atoms with Gasteiger partial charge in [0.1, 0.15) is 6.04 Å². The first-order valence-corrected chi connectivity index (χ1v) is 7.62. The number of rotatable bonds is 4. The van der Waals surface area contributed by atoms with Crippen LogP contribution in [0.3, 0.4) is 0 Å². The highest BCUT2D eigenvalue weighted by Crippen LogP contribution is 2.28. The predicted octanol–water partition coefficient (Wildman–Crippen LogP) is 3.92. The minimum absolute atomic E-state index is 0.141. The van der Waals surface area contributed by atoms with Crippen LogP contribution < -0.4 is 5.32 Å². The van der Waals surface area contributed by atoms with E-state index in [9.17, 15) is 4.79 Å². The van der Waals surface area contributed by atoms with Gasteiger partial charge in [-0.05, 0) is 37.8 Å². The van der Waals surface area contributed by atoms with Crippen molar-refractivity contribution in [1.29, 1.82) is 0 Å². The number of esters is 1. The summed E-state index contributed by atoms with van der Waals surface area (Å²) in [5.41, 5.74) is 2.22. The number of hydrogen-bond donors (Lipinski definition) is 1. The molecule has 3 nitrogen and oxygen atoms in total. The molecular weight excluding hydrogens is 250 g/mol. The van der Waals surface area contributed by atoms with Crippen LogP contribution in [0.5, 0.6) is 0 Å². The molecule has 0 aliphatic heterocycles. The van der Waals surface area contributed by atoms with Crippen LogP contribution in [0.25, 0.3) is 0 Å². The molecule has 0 spiro atoms. The van der Waals surface area contributed by atoms with Crippen LogP contribution >= 0.6 is 0 Å². The van der Waals surface area contributed by atoms with Gasteiger partial charge in [-0.3, -0.25) is 0 Å². The number of carbonyl (C=O) groups excluding carboxylic acids is 1. The standard InChI is InChI=1S/C17H25NO2/c1-13-9-11-15(12-10-13)18-16(17(19)20-2)14-7-5-3-4-6-8-14/h9-12,14,16,18H,3-8H2,1-2H3. The first kappa shape index (κ1) is 14.9. The smallest absolute Gasteiger partial charge is 0.328 e. The van der Waals surface area contributed by atoms with E-state index >= 15 is 0 Å². The topological polar surface area (TPSA) is 38.3 Å². The van der Waals surface area contributed by atoms with Crippen molar-refractivity contribution in [3.63, 3.8) is 0 Å². The highest BCUT2D eigenvalue weighted by molar-refractivity contribution is 5.79. The van der Waals surface area contributed by atoms with Crippen molar-refractivity contribution in [3.05, 3.63) is 29.8 Å². The Balaban J connectivity index is 2.10. The van der Waals surface area contributed by atoms with E-state index in [1.807, 2.05) is 12.1 Å². The first-order chi connectivity index (χ1) is 9.70. The Kier molecular flexibility index (Phi) is 5.45. The van der Waals surface area contributed by atoms with E-state index in [1.165, 1.54) is 38.4 Å². The Morgan fingerprint density at radius 3 is 2.30 bits per heavy atom. The van der Waals surface area contributed by atoms with E-state index in [4.69, 9.17) is 4.74 Å². The van der Waals surface area contributed by atoms with Crippen molar-refractivity contribution in [2.45, 2.75) is 51.5 Å². The molecule has 1 fully saturated rings. The summed E-state index contributed by atoms with van der Waals surface area (Å²) >= 11 is 0. The maximum atomic E-state index is 12.1. The summed E-state index contributed by atoms with van der Waals surface area (Å²) in [4.78, 5) is 12.1. The summed E-state index contributed by atoms with van der Waals surface area (Å²) in [5.74, 6) is 0.240. The minimum atomic E-state index is -0.221. The first-order valence-electron chi connectivity index (χ1n) is 7.62. The van der Waals surface area contributed by atoms with Crippen molar-refractivity contribution >= 4 is 11.7 Å². The number of nitrogens with one attached hydrogen (secondary N) is 1. The van der Waals surface area contributed by atoms with Gasteiger partial charge in [-0.1, -0.05) is 43.4 Å². The van der Waals surface area contributed by atoms with Crippen LogP contribution in [0.2, 0.25) is 0 Å². The summed E-state index contributed by atoms with van der Waals surface area (Å²) in [6.45, 7) is 2.06. The van der Waals surface area contributed by atoms with Crippen molar-refractivity contribution < 1.29 is 9.53 Å². The van der Waals surface area contributed by atoms with Gasteiger partial charge in [-0.15, -0.1) is 0 Å². The normalized spacial score (nSPS) is 18.1. The van der Waals surface area contributed by atoms with Gasteiger partial charge in [0.25, 0.3) is 0 Å². The fraction of sp³-hybridized carbons (Fsp3) is 0.588. The van der Waals surface area contributed by atoms with Crippen molar-refractivity contribution in [3.8, 4) is 0 Å². The van der Waals surface area contributed by atoms with E-state index in [-0.39, 0.29) is 12.0 Å². The second-order valence-electron chi connectivity index (χ2n) is 5.76. The Labute approximate surface area is 121 Å². The van der Waals surface area contributed by atoms with Gasteiger partial charge < -0.3 is 10.1 Å². The monoisotopic (exact) mass is 275 g/mol. The number of aryl methyl sites for hydroxylation is 1. The van der Waals surface area contributed by atoms with Gasteiger partial charge in [0.05, 0.1) is 7.11 Å². The number of methoxy groups -OCH3 is 1. The minimum Gasteiger partial charge on any atom is -0.467 e. The number of benzene rings is 1. The van der Waals surface area contributed by atoms with E-state index in [0.29, 0.717) is 5.92 Å². The zero-order valence-electron chi connectivity index (χ0n) is 12.5. The van der Waals surface area contributed by atoms with Crippen LogP contribution in [0.15, 0.2) is 24.3 Å². The molecule has 1 aliphatic carbocycles. The van der Waals surface area contributed by atoms with Gasteiger partial charge in [0.2, 0.25) is 0 Å². The fourth-order valence-corrected chi connectivity index (χ4v) is 2.97. The van der Waals surface area contributed by atoms with E-state index in [0.717, 1.165) is 18.5 Å². The molecule has 1 unspecified atom stereocenters. The second-order valence-corrected chi connectivity index (χ2v) is 5.76. The molecule has 1 atom stereocenters. The third kappa shape index (κ3) is 3.99. The van der Waals surface area contributed by atoms with E-state index < -0.39 is 0 Å². The molecule has 0 amide bonds. The third-order valence-electron chi connectivity index (χ3n) is 4.20. The van der Waals surface area contributed by atoms with Crippen LogP contribution in [0.4, 0.5) is 5.69 Å². The quantitative estimate of drug-likeness (QED) is 0.668. The molecule has 3 heteroatoms. The zero-order valence-corrected chi connectivity index (χ0v) is 12.5. The highest BCUT2D eigenvalue weighted by atomic mass is 16.5. The molecule has 1 aliphatic rings. The van der Waals surface area contributed by atoms with Gasteiger partial charge in [0, 0.05) is 5.69 Å². The summed E-state index contributed by atoms with van der Waals surface area (Å²) in [5, 5.41) is 3.38. The molecule has 1 aromatic rings. The van der Waals surface area contributed by atoms with E-state index in [2.05, 4.69) is 24.4 Å². The molecular formula is C17H25NO2. The maximum Gasteiger partial charge on any atom is 0.328 e. The van der Waals surface area contributed by atoms with Crippen molar-refractivity contribution in [2.24, 2.45) is 5.92 Å². The lowest BCUT2D eigenvalue weighted by molar-refractivity contribution is -0.142. The Morgan fingerprint density at radius 2 is 1.75 bits per heavy atom. The molecule has 0 heterocycles. The lowest BCUT2D eigenvalue weighted by atomic mass is 9.91. The summed E-state index contributed by atoms with van der Waals surface area (Å²) in [6, 6.07) is 7.96. The highest BCUT2D eigenvalue weighted by Gasteiger charge is 2.29. The van der Waals surface area contributed by atoms with Gasteiger partial charge in [-0.25, -0.2) is 4.79 Å². The zero-order chi connectivity index (χ0) is 14.4. The molecule has 1 aromatic carbocycles. The van der Waals surface area contributed by atoms with Gasteiger partial charge in [0.15, 0.2) is 0 Å². The molecule has 0 radical (unpaired) electrons. The number of hydrogen-bond acceptors (Lipinski definition) is 3. The lowest BCUT2D eigenvalue weighted by Gasteiger charge is -2.26. The molecule has 1 N–H and O–H groups in total. The average Bonchev–Trinajstić information content (AvgIpc) is 2.75. The molecule has 2 rings (SSSR count). The van der Waals surface area contributed by atoms with E-state index in [1.54, 1.807) is 0 Å². The maximum absolute atomic E-state index is 12.1. The molecule has 1 saturated carbocycles. The summed E-state index contributed by atoms with van der Waals surface area (Å²) in [7, 11) is 1.48. The average molecular weight is 275 g/mol. The SMILES string of the molecule is COC(=O)C(Nc1ccc(C)cc1)C1CCCCCC1. The van der Waals surface area contributed by atoms with Crippen molar-refractivity contribution in [2.75, 3.05) is 12.4 Å². The molecule has 0 saturated heterocycles. The molecule has 0 aromatic heterocycles. The third-order valence-corrected chi connectivity index (χ3v) is 4.20. The predicted molar refractivity (Wildman–Crippen MR) is 81.8 cm³/mol. The molecule has 110 valence electrons. The molecule has 20 heavy (non-hydrogen) atoms. The summed E-state index contributed by atoms with van der Waals surface area (Å²) < 4.78 is 5.00. The Hall–Kier alpha value is -1.51. The van der Waals surface area contributed by atoms with Crippen LogP contribution in [0.1, 0.15) is 44.1 Å². The number of carbonyl (C=O) groups is 1. The number of anilines is 1. The largest absolute Gasteiger partial charge is 0.467 e. The molecule has 0 bridgehead atoms. The van der Waals surface area contributed by atoms with Gasteiger partial charge in [-0.2, -0.15) is 0 Å². The van der Waals surface area contributed by atoms with Gasteiger partial charge >= 0.3 is 5.97 Å². The second kappa shape index (κ2) is 7.32. The van der Waals surface area contributed by atoms with Crippen molar-refractivity contribution in [1.82, 2.24) is 0 Å². The number of ether oxygens (including phenoxy) is 1. The van der Waals surface area contributed by atoms with Crippen LogP contribution in [-0.2, 0) is 9.53 Å². The van der Waals surface area contributed by atoms with Crippen LogP contribution in [-0.4, -0.2) is 19.1 Å².